The van der Waals surface area contributed by atoms with Crippen molar-refractivity contribution in [3.05, 3.63) is 89.9 Å². The first-order valence-electron chi connectivity index (χ1n) is 10.0. The van der Waals surface area contributed by atoms with Gasteiger partial charge in [-0.15, -0.1) is 0 Å². The molecule has 0 unspecified atom stereocenters. The Bertz CT molecular complexity index is 1410. The second kappa shape index (κ2) is 8.51. The Labute approximate surface area is 187 Å². The van der Waals surface area contributed by atoms with Crippen LogP contribution in [-0.4, -0.2) is 18.6 Å². The zero-order valence-corrected chi connectivity index (χ0v) is 17.1. The van der Waals surface area contributed by atoms with Crippen molar-refractivity contribution in [2.75, 3.05) is 17.4 Å². The summed E-state index contributed by atoms with van der Waals surface area (Å²) in [6.07, 6.45) is 2.94. The Hall–Kier alpha value is -4.59. The second-order valence-corrected chi connectivity index (χ2v) is 7.17. The number of nitrogens with one attached hydrogen (secondary N) is 2. The summed E-state index contributed by atoms with van der Waals surface area (Å²) in [6.45, 7) is 0.161. The molecule has 0 fully saturated rings. The highest BCUT2D eigenvalue weighted by molar-refractivity contribution is 6.16. The molecule has 2 heterocycles. The minimum absolute atomic E-state index is 0.00272. The lowest BCUT2D eigenvalue weighted by atomic mass is 10.2. The highest BCUT2D eigenvalue weighted by atomic mass is 19.1. The van der Waals surface area contributed by atoms with Gasteiger partial charge in [-0.05, 0) is 48.0 Å². The molecule has 0 spiro atoms. The normalized spacial score (nSPS) is 12.3. The highest BCUT2D eigenvalue weighted by Gasteiger charge is 2.22. The maximum atomic E-state index is 14.0. The molecule has 0 saturated carbocycles. The molecule has 3 aromatic carbocycles. The number of ether oxygens (including phenoxy) is 2. The summed E-state index contributed by atoms with van der Waals surface area (Å²) in [7, 11) is 0. The van der Waals surface area contributed by atoms with Crippen LogP contribution in [0.3, 0.4) is 0 Å². The van der Waals surface area contributed by atoms with Crippen LogP contribution in [0.1, 0.15) is 16.1 Å². The average Bonchev–Trinajstić information content (AvgIpc) is 3.44. The summed E-state index contributed by atoms with van der Waals surface area (Å²) in [4.78, 5) is 25.5. The summed E-state index contributed by atoms with van der Waals surface area (Å²) in [5.74, 6) is -0.633. The first-order chi connectivity index (χ1) is 16.1. The number of rotatable bonds is 5. The van der Waals surface area contributed by atoms with Crippen LogP contribution in [0.25, 0.3) is 17.0 Å². The highest BCUT2D eigenvalue weighted by Crippen LogP contribution is 2.33. The lowest BCUT2D eigenvalue weighted by molar-refractivity contribution is -0.111. The fourth-order valence-electron chi connectivity index (χ4n) is 3.42. The minimum Gasteiger partial charge on any atom is -0.454 e. The standard InChI is InChI=1S/C25H17FN2O5/c26-17-6-2-3-7-18(17)27-25(30)24-23(16-5-1-4-8-19(16)33-24)28-22(29)12-10-15-9-11-20-21(13-15)32-14-31-20/h1-13H,14H2,(H,27,30)(H,28,29)/b12-10+. The molecule has 0 radical (unpaired) electrons. The molecule has 1 aromatic heterocycles. The van der Waals surface area contributed by atoms with E-state index in [1.807, 2.05) is 0 Å². The van der Waals surface area contributed by atoms with Crippen LogP contribution in [0.2, 0.25) is 0 Å². The third-order valence-electron chi connectivity index (χ3n) is 5.00. The monoisotopic (exact) mass is 444 g/mol. The van der Waals surface area contributed by atoms with Gasteiger partial charge in [-0.1, -0.05) is 30.3 Å². The van der Waals surface area contributed by atoms with Gasteiger partial charge in [0.2, 0.25) is 18.5 Å². The van der Waals surface area contributed by atoms with Crippen LogP contribution < -0.4 is 20.1 Å². The number of hydrogen-bond acceptors (Lipinski definition) is 5. The fourth-order valence-corrected chi connectivity index (χ4v) is 3.42. The number of fused-ring (bicyclic) bond motifs is 2. The molecule has 0 saturated heterocycles. The Morgan fingerprint density at radius 1 is 0.909 bits per heavy atom. The molecule has 7 nitrogen and oxygen atoms in total. The van der Waals surface area contributed by atoms with E-state index in [1.165, 1.54) is 24.3 Å². The number of para-hydroxylation sites is 2. The van der Waals surface area contributed by atoms with Gasteiger partial charge in [-0.2, -0.15) is 0 Å². The zero-order chi connectivity index (χ0) is 22.8. The van der Waals surface area contributed by atoms with E-state index < -0.39 is 17.6 Å². The first kappa shape index (κ1) is 20.3. The van der Waals surface area contributed by atoms with E-state index in [0.29, 0.717) is 22.5 Å². The van der Waals surface area contributed by atoms with Crippen molar-refractivity contribution in [2.45, 2.75) is 0 Å². The number of furan rings is 1. The number of amides is 2. The van der Waals surface area contributed by atoms with Crippen molar-refractivity contribution >= 4 is 40.2 Å². The van der Waals surface area contributed by atoms with E-state index >= 15 is 0 Å². The number of carbonyl (C=O) groups is 2. The molecule has 4 aromatic rings. The molecule has 0 aliphatic carbocycles. The van der Waals surface area contributed by atoms with Gasteiger partial charge in [0.25, 0.3) is 5.91 Å². The van der Waals surface area contributed by atoms with E-state index in [9.17, 15) is 14.0 Å². The number of carbonyl (C=O) groups excluding carboxylic acids is 2. The van der Waals surface area contributed by atoms with Crippen LogP contribution in [0.5, 0.6) is 11.5 Å². The van der Waals surface area contributed by atoms with Crippen LogP contribution in [-0.2, 0) is 4.79 Å². The zero-order valence-electron chi connectivity index (χ0n) is 17.1. The summed E-state index contributed by atoms with van der Waals surface area (Å²) < 4.78 is 30.3. The SMILES string of the molecule is O=C(/C=C/c1ccc2c(c1)OCO2)Nc1c(C(=O)Nc2ccccc2F)oc2ccccc12. The first-order valence-corrected chi connectivity index (χ1v) is 10.0. The van der Waals surface area contributed by atoms with Crippen molar-refractivity contribution in [1.82, 2.24) is 0 Å². The largest absolute Gasteiger partial charge is 0.454 e. The fraction of sp³-hybridized carbons (Fsp3) is 0.0400. The van der Waals surface area contributed by atoms with Gasteiger partial charge in [-0.3, -0.25) is 9.59 Å². The van der Waals surface area contributed by atoms with Gasteiger partial charge in [-0.25, -0.2) is 4.39 Å². The van der Waals surface area contributed by atoms with Gasteiger partial charge < -0.3 is 24.5 Å². The van der Waals surface area contributed by atoms with E-state index in [1.54, 1.807) is 54.6 Å². The molecule has 33 heavy (non-hydrogen) atoms. The molecule has 5 rings (SSSR count). The summed E-state index contributed by atoms with van der Waals surface area (Å²) in [5, 5.41) is 5.73. The van der Waals surface area contributed by atoms with Crippen molar-refractivity contribution < 1.29 is 27.9 Å². The van der Waals surface area contributed by atoms with Crippen LogP contribution >= 0.6 is 0 Å². The molecule has 0 bridgehead atoms. The lowest BCUT2D eigenvalue weighted by Gasteiger charge is -2.07. The van der Waals surface area contributed by atoms with Crippen LogP contribution in [0.15, 0.2) is 77.2 Å². The topological polar surface area (TPSA) is 89.8 Å². The van der Waals surface area contributed by atoms with Gasteiger partial charge in [0.1, 0.15) is 17.1 Å². The molecule has 164 valence electrons. The van der Waals surface area contributed by atoms with Gasteiger partial charge in [0, 0.05) is 11.5 Å². The number of halogens is 1. The third-order valence-corrected chi connectivity index (χ3v) is 5.00. The van der Waals surface area contributed by atoms with Gasteiger partial charge >= 0.3 is 0 Å². The van der Waals surface area contributed by atoms with E-state index in [4.69, 9.17) is 13.9 Å². The third kappa shape index (κ3) is 4.14. The summed E-state index contributed by atoms with van der Waals surface area (Å²) in [5.41, 5.74) is 1.35. The van der Waals surface area contributed by atoms with Gasteiger partial charge in [0.15, 0.2) is 11.5 Å². The van der Waals surface area contributed by atoms with E-state index in [2.05, 4.69) is 10.6 Å². The molecule has 2 amide bonds. The summed E-state index contributed by atoms with van der Waals surface area (Å²) in [6, 6.07) is 18.0. The number of benzene rings is 3. The Morgan fingerprint density at radius 2 is 1.70 bits per heavy atom. The minimum atomic E-state index is -0.689. The Balaban J connectivity index is 1.40. The van der Waals surface area contributed by atoms with Crippen molar-refractivity contribution in [1.29, 1.82) is 0 Å². The van der Waals surface area contributed by atoms with E-state index in [-0.39, 0.29) is 23.9 Å². The van der Waals surface area contributed by atoms with Crippen molar-refractivity contribution in [3.63, 3.8) is 0 Å². The molecule has 2 N–H and O–H groups in total. The van der Waals surface area contributed by atoms with E-state index in [0.717, 1.165) is 5.56 Å². The Kier molecular flexibility index (Phi) is 5.24. The maximum Gasteiger partial charge on any atom is 0.293 e. The average molecular weight is 444 g/mol. The second-order valence-electron chi connectivity index (χ2n) is 7.17. The van der Waals surface area contributed by atoms with Crippen LogP contribution in [0, 0.1) is 5.82 Å². The van der Waals surface area contributed by atoms with Gasteiger partial charge in [0.05, 0.1) is 5.69 Å². The van der Waals surface area contributed by atoms with Crippen molar-refractivity contribution in [2.24, 2.45) is 0 Å². The summed E-state index contributed by atoms with van der Waals surface area (Å²) >= 11 is 0. The number of hydrogen-bond donors (Lipinski definition) is 2. The van der Waals surface area contributed by atoms with Crippen LogP contribution in [0.4, 0.5) is 15.8 Å². The molecule has 1 aliphatic rings. The smallest absolute Gasteiger partial charge is 0.293 e. The molecular formula is C25H17FN2O5. The predicted molar refractivity (Wildman–Crippen MR) is 121 cm³/mol. The quantitative estimate of drug-likeness (QED) is 0.413. The predicted octanol–water partition coefficient (Wildman–Crippen LogP) is 5.20. The van der Waals surface area contributed by atoms with Crippen molar-refractivity contribution in [3.8, 4) is 11.5 Å². The molecule has 0 atom stereocenters. The molecule has 8 heteroatoms. The Morgan fingerprint density at radius 3 is 2.58 bits per heavy atom. The maximum absolute atomic E-state index is 14.0. The lowest BCUT2D eigenvalue weighted by Crippen LogP contribution is -2.16. The molecule has 1 aliphatic heterocycles. The molecular weight excluding hydrogens is 427 g/mol. The number of anilines is 2.